The van der Waals surface area contributed by atoms with E-state index in [0.717, 1.165) is 12.1 Å². The summed E-state index contributed by atoms with van der Waals surface area (Å²) in [5.74, 6) is -1.43. The molecule has 5 nitrogen and oxygen atoms in total. The van der Waals surface area contributed by atoms with Gasteiger partial charge >= 0.3 is 5.51 Å². The second-order valence-corrected chi connectivity index (χ2v) is 7.33. The fourth-order valence-corrected chi connectivity index (χ4v) is 3.32. The van der Waals surface area contributed by atoms with Gasteiger partial charge in [0.1, 0.15) is 0 Å². The topological polar surface area (TPSA) is 71.5 Å². The largest absolute Gasteiger partial charge is 0.501 e. The molecule has 0 radical (unpaired) electrons. The maximum atomic E-state index is 12.8. The van der Waals surface area contributed by atoms with Crippen LogP contribution in [-0.4, -0.2) is 25.7 Å². The van der Waals surface area contributed by atoms with E-state index in [-0.39, 0.29) is 22.4 Å². The highest BCUT2D eigenvalue weighted by atomic mass is 32.2. The van der Waals surface area contributed by atoms with Crippen LogP contribution < -0.4 is 4.90 Å². The number of carbonyl (C=O) groups excluding carboxylic acids is 2. The number of imide groups is 1. The van der Waals surface area contributed by atoms with Gasteiger partial charge in [0.25, 0.3) is 21.7 Å². The number of benzene rings is 2. The second-order valence-electron chi connectivity index (χ2n) is 5.39. The molecule has 0 fully saturated rings. The minimum Gasteiger partial charge on any atom is -0.268 e. The highest BCUT2D eigenvalue weighted by Crippen LogP contribution is 2.36. The van der Waals surface area contributed by atoms with Crippen molar-refractivity contribution < 1.29 is 31.2 Å². The molecule has 2 aromatic rings. The van der Waals surface area contributed by atoms with Crippen LogP contribution in [0.1, 0.15) is 26.3 Å². The maximum absolute atomic E-state index is 12.8. The van der Waals surface area contributed by atoms with Crippen molar-refractivity contribution in [2.45, 2.75) is 17.3 Å². The number of alkyl halides is 3. The van der Waals surface area contributed by atoms with Gasteiger partial charge in [-0.15, -0.1) is 0 Å². The Labute approximate surface area is 140 Å². The number of halogens is 3. The van der Waals surface area contributed by atoms with Crippen molar-refractivity contribution in [1.82, 2.24) is 0 Å². The van der Waals surface area contributed by atoms with Crippen molar-refractivity contribution in [1.29, 1.82) is 0 Å². The molecule has 0 spiro atoms. The van der Waals surface area contributed by atoms with Crippen LogP contribution in [0.4, 0.5) is 18.9 Å². The van der Waals surface area contributed by atoms with Gasteiger partial charge in [-0.3, -0.25) is 9.59 Å². The van der Waals surface area contributed by atoms with Gasteiger partial charge in [-0.05, 0) is 36.8 Å². The Morgan fingerprint density at radius 2 is 1.44 bits per heavy atom. The summed E-state index contributed by atoms with van der Waals surface area (Å²) in [5, 5.41) is 0. The third-order valence-corrected chi connectivity index (χ3v) is 5.31. The minimum atomic E-state index is -5.60. The molecule has 2 aromatic carbocycles. The monoisotopic (exact) mass is 369 g/mol. The molecule has 25 heavy (non-hydrogen) atoms. The number of amides is 2. The van der Waals surface area contributed by atoms with E-state index in [1.165, 1.54) is 19.1 Å². The summed E-state index contributed by atoms with van der Waals surface area (Å²) in [7, 11) is -5.60. The predicted octanol–water partition coefficient (Wildman–Crippen LogP) is 3.09. The van der Waals surface area contributed by atoms with Gasteiger partial charge in [0.05, 0.1) is 21.7 Å². The van der Waals surface area contributed by atoms with Gasteiger partial charge < -0.3 is 0 Å². The molecule has 2 amide bonds. The van der Waals surface area contributed by atoms with Crippen LogP contribution >= 0.6 is 0 Å². The summed E-state index contributed by atoms with van der Waals surface area (Å²) < 4.78 is 61.5. The number of hydrogen-bond donors (Lipinski definition) is 0. The molecule has 0 N–H and O–H groups in total. The number of fused-ring (bicyclic) bond motifs is 1. The molecule has 3 rings (SSSR count). The number of nitrogens with zero attached hydrogens (tertiary/aromatic N) is 1. The van der Waals surface area contributed by atoms with E-state index in [1.807, 2.05) is 0 Å². The summed E-state index contributed by atoms with van der Waals surface area (Å²) in [5.41, 5.74) is -5.18. The molecule has 0 aliphatic carbocycles. The molecule has 0 aromatic heterocycles. The minimum absolute atomic E-state index is 0.107. The van der Waals surface area contributed by atoms with E-state index in [0.29, 0.717) is 11.0 Å². The Balaban J connectivity index is 2.16. The van der Waals surface area contributed by atoms with E-state index >= 15 is 0 Å². The van der Waals surface area contributed by atoms with Crippen LogP contribution in [0, 0.1) is 6.92 Å². The quantitative estimate of drug-likeness (QED) is 0.763. The van der Waals surface area contributed by atoms with Crippen LogP contribution in [0.25, 0.3) is 0 Å². The zero-order valence-electron chi connectivity index (χ0n) is 12.7. The number of carbonyl (C=O) groups is 2. The van der Waals surface area contributed by atoms with Crippen molar-refractivity contribution in [2.75, 3.05) is 4.90 Å². The Bertz CT molecular complexity index is 977. The summed E-state index contributed by atoms with van der Waals surface area (Å²) >= 11 is 0. The first-order valence-electron chi connectivity index (χ1n) is 6.95. The number of hydrogen-bond acceptors (Lipinski definition) is 4. The zero-order valence-corrected chi connectivity index (χ0v) is 13.5. The Hall–Kier alpha value is -2.68. The highest BCUT2D eigenvalue weighted by Gasteiger charge is 2.47. The predicted molar refractivity (Wildman–Crippen MR) is 82.0 cm³/mol. The molecule has 0 atom stereocenters. The lowest BCUT2D eigenvalue weighted by molar-refractivity contribution is -0.0436. The fourth-order valence-electron chi connectivity index (χ4n) is 2.54. The number of anilines is 1. The second kappa shape index (κ2) is 5.41. The summed E-state index contributed by atoms with van der Waals surface area (Å²) in [6.07, 6.45) is 0. The standard InChI is InChI=1S/C16H10F3NO4S/c1-9-6-7-10(25(23,24)16(17,18)19)8-13(9)20-14(21)11-4-2-3-5-12(11)15(20)22/h2-8H,1H3. The average molecular weight is 369 g/mol. The van der Waals surface area contributed by atoms with Crippen LogP contribution in [0.15, 0.2) is 47.4 Å². The summed E-state index contributed by atoms with van der Waals surface area (Å²) in [4.78, 5) is 24.6. The van der Waals surface area contributed by atoms with E-state index in [1.54, 1.807) is 12.1 Å². The summed E-state index contributed by atoms with van der Waals surface area (Å²) in [6, 6.07) is 8.54. The van der Waals surface area contributed by atoms with Gasteiger partial charge in [-0.2, -0.15) is 13.2 Å². The van der Waals surface area contributed by atoms with E-state index < -0.39 is 32.1 Å². The third-order valence-electron chi connectivity index (χ3n) is 3.83. The number of aryl methyl sites for hydroxylation is 1. The molecule has 0 unspecified atom stereocenters. The fraction of sp³-hybridized carbons (Fsp3) is 0.125. The van der Waals surface area contributed by atoms with Crippen LogP contribution in [0.3, 0.4) is 0 Å². The molecule has 1 aliphatic heterocycles. The van der Waals surface area contributed by atoms with Crippen LogP contribution in [0.2, 0.25) is 0 Å². The van der Waals surface area contributed by atoms with E-state index in [4.69, 9.17) is 0 Å². The van der Waals surface area contributed by atoms with E-state index in [9.17, 15) is 31.2 Å². The van der Waals surface area contributed by atoms with Gasteiger partial charge in [-0.1, -0.05) is 18.2 Å². The first kappa shape index (κ1) is 17.2. The zero-order chi connectivity index (χ0) is 18.6. The first-order chi connectivity index (χ1) is 11.6. The van der Waals surface area contributed by atoms with Crippen molar-refractivity contribution in [3.63, 3.8) is 0 Å². The summed E-state index contributed by atoms with van der Waals surface area (Å²) in [6.45, 7) is 1.46. The van der Waals surface area contributed by atoms with Crippen molar-refractivity contribution >= 4 is 27.3 Å². The van der Waals surface area contributed by atoms with E-state index in [2.05, 4.69) is 0 Å². The van der Waals surface area contributed by atoms with Crippen LogP contribution in [0.5, 0.6) is 0 Å². The molecular formula is C16H10F3NO4S. The maximum Gasteiger partial charge on any atom is 0.501 e. The SMILES string of the molecule is Cc1ccc(S(=O)(=O)C(F)(F)F)cc1N1C(=O)c2ccccc2C1=O. The van der Waals surface area contributed by atoms with Gasteiger partial charge in [0.2, 0.25) is 0 Å². The smallest absolute Gasteiger partial charge is 0.268 e. The number of rotatable bonds is 2. The lowest BCUT2D eigenvalue weighted by atomic mass is 10.1. The van der Waals surface area contributed by atoms with Crippen molar-refractivity contribution in [2.24, 2.45) is 0 Å². The molecule has 1 aliphatic rings. The molecule has 130 valence electrons. The molecule has 0 saturated heterocycles. The number of sulfone groups is 1. The lowest BCUT2D eigenvalue weighted by Gasteiger charge is -2.18. The molecule has 0 bridgehead atoms. The van der Waals surface area contributed by atoms with Crippen LogP contribution in [-0.2, 0) is 9.84 Å². The van der Waals surface area contributed by atoms with Gasteiger partial charge in [0, 0.05) is 0 Å². The molecular weight excluding hydrogens is 359 g/mol. The normalized spacial score (nSPS) is 14.8. The van der Waals surface area contributed by atoms with Gasteiger partial charge in [0.15, 0.2) is 0 Å². The Morgan fingerprint density at radius 1 is 0.920 bits per heavy atom. The molecule has 1 heterocycles. The molecule has 9 heteroatoms. The van der Waals surface area contributed by atoms with Gasteiger partial charge in [-0.25, -0.2) is 13.3 Å². The highest BCUT2D eigenvalue weighted by molar-refractivity contribution is 7.92. The Kier molecular flexibility index (Phi) is 3.72. The van der Waals surface area contributed by atoms with Crippen molar-refractivity contribution in [3.8, 4) is 0 Å². The Morgan fingerprint density at radius 3 is 1.92 bits per heavy atom. The average Bonchev–Trinajstić information content (AvgIpc) is 2.79. The molecule has 0 saturated carbocycles. The van der Waals surface area contributed by atoms with Crippen molar-refractivity contribution in [3.05, 3.63) is 59.2 Å². The third kappa shape index (κ3) is 2.51. The first-order valence-corrected chi connectivity index (χ1v) is 8.44. The lowest BCUT2D eigenvalue weighted by Crippen LogP contribution is -2.30.